The predicted octanol–water partition coefficient (Wildman–Crippen LogP) is 3.44. The fraction of sp³-hybridized carbons (Fsp3) is 0.500. The van der Waals surface area contributed by atoms with Crippen LogP contribution in [-0.2, 0) is 4.79 Å². The lowest BCUT2D eigenvalue weighted by molar-refractivity contribution is -0.129. The van der Waals surface area contributed by atoms with Gasteiger partial charge in [-0.2, -0.15) is 0 Å². The molecule has 1 aromatic carbocycles. The van der Waals surface area contributed by atoms with Gasteiger partial charge in [0.05, 0.1) is 11.5 Å². The number of hydrogen-bond donors (Lipinski definition) is 1. The van der Waals surface area contributed by atoms with E-state index in [9.17, 15) is 4.79 Å². The highest BCUT2D eigenvalue weighted by Gasteiger charge is 2.27. The first-order valence-corrected chi connectivity index (χ1v) is 6.34. The first-order valence-electron chi connectivity index (χ1n) is 5.81. The second-order valence-corrected chi connectivity index (χ2v) is 5.34. The molecule has 0 aliphatic heterocycles. The minimum atomic E-state index is -0.529. The lowest BCUT2D eigenvalue weighted by Crippen LogP contribution is -2.39. The number of benzene rings is 1. The van der Waals surface area contributed by atoms with Crippen LogP contribution in [0.2, 0.25) is 0 Å². The fourth-order valence-corrected chi connectivity index (χ4v) is 1.72. The smallest absolute Gasteiger partial charge is 0.227 e. The standard InChI is InChI=1S/C14H20ClNO/c1-10-7-5-6-8-12(10)11(2)16-13(17)14(3,4)9-15/h5-8,11H,9H2,1-4H3,(H,16,17)/t11-/m1/s1. The number of hydrogen-bond acceptors (Lipinski definition) is 1. The Kier molecular flexibility index (Phi) is 4.58. The second kappa shape index (κ2) is 5.54. The van der Waals surface area contributed by atoms with Gasteiger partial charge in [0, 0.05) is 5.88 Å². The van der Waals surface area contributed by atoms with E-state index in [-0.39, 0.29) is 11.9 Å². The number of carbonyl (C=O) groups is 1. The molecule has 0 bridgehead atoms. The van der Waals surface area contributed by atoms with Crippen LogP contribution >= 0.6 is 11.6 Å². The van der Waals surface area contributed by atoms with Crippen LogP contribution in [0.4, 0.5) is 0 Å². The monoisotopic (exact) mass is 253 g/mol. The number of amides is 1. The van der Waals surface area contributed by atoms with Gasteiger partial charge in [-0.15, -0.1) is 11.6 Å². The zero-order chi connectivity index (χ0) is 13.1. The Morgan fingerprint density at radius 3 is 2.53 bits per heavy atom. The molecule has 0 radical (unpaired) electrons. The number of aryl methyl sites for hydroxylation is 1. The van der Waals surface area contributed by atoms with Crippen molar-refractivity contribution in [2.45, 2.75) is 33.7 Å². The van der Waals surface area contributed by atoms with Crippen LogP contribution in [0.3, 0.4) is 0 Å². The van der Waals surface area contributed by atoms with Gasteiger partial charge in [-0.1, -0.05) is 24.3 Å². The number of carbonyl (C=O) groups excluding carboxylic acids is 1. The van der Waals surface area contributed by atoms with Crippen LogP contribution in [0.1, 0.15) is 37.9 Å². The average molecular weight is 254 g/mol. The maximum atomic E-state index is 12.0. The van der Waals surface area contributed by atoms with E-state index in [2.05, 4.69) is 5.32 Å². The van der Waals surface area contributed by atoms with Crippen molar-refractivity contribution in [3.8, 4) is 0 Å². The third-order valence-electron chi connectivity index (χ3n) is 2.95. The van der Waals surface area contributed by atoms with E-state index in [0.29, 0.717) is 5.88 Å². The summed E-state index contributed by atoms with van der Waals surface area (Å²) in [5.74, 6) is 0.308. The van der Waals surface area contributed by atoms with Crippen LogP contribution in [0.5, 0.6) is 0 Å². The molecular weight excluding hydrogens is 234 g/mol. The predicted molar refractivity (Wildman–Crippen MR) is 72.2 cm³/mol. The Hall–Kier alpha value is -1.02. The number of rotatable bonds is 4. The van der Waals surface area contributed by atoms with Crippen molar-refractivity contribution in [1.29, 1.82) is 0 Å². The van der Waals surface area contributed by atoms with Gasteiger partial charge in [0.1, 0.15) is 0 Å². The minimum absolute atomic E-state index is 0.00573. The maximum Gasteiger partial charge on any atom is 0.227 e. The summed E-state index contributed by atoms with van der Waals surface area (Å²) in [6, 6.07) is 8.07. The molecule has 94 valence electrons. The van der Waals surface area contributed by atoms with Crippen molar-refractivity contribution < 1.29 is 4.79 Å². The summed E-state index contributed by atoms with van der Waals surface area (Å²) in [4.78, 5) is 12.0. The number of halogens is 1. The topological polar surface area (TPSA) is 29.1 Å². The van der Waals surface area contributed by atoms with E-state index in [1.807, 2.05) is 52.0 Å². The van der Waals surface area contributed by atoms with E-state index in [4.69, 9.17) is 11.6 Å². The fourth-order valence-electron chi connectivity index (χ4n) is 1.60. The molecule has 2 nitrogen and oxygen atoms in total. The van der Waals surface area contributed by atoms with Crippen molar-refractivity contribution in [3.05, 3.63) is 35.4 Å². The molecule has 1 rings (SSSR count). The van der Waals surface area contributed by atoms with Crippen molar-refractivity contribution in [2.24, 2.45) is 5.41 Å². The van der Waals surface area contributed by atoms with Gasteiger partial charge in [0.2, 0.25) is 5.91 Å². The van der Waals surface area contributed by atoms with Gasteiger partial charge in [-0.3, -0.25) is 4.79 Å². The highest BCUT2D eigenvalue weighted by atomic mass is 35.5. The third kappa shape index (κ3) is 3.47. The number of nitrogens with one attached hydrogen (secondary N) is 1. The average Bonchev–Trinajstić information content (AvgIpc) is 2.29. The van der Waals surface area contributed by atoms with Crippen molar-refractivity contribution in [1.82, 2.24) is 5.32 Å². The van der Waals surface area contributed by atoms with Crippen LogP contribution in [-0.4, -0.2) is 11.8 Å². The van der Waals surface area contributed by atoms with Crippen molar-refractivity contribution in [2.75, 3.05) is 5.88 Å². The highest BCUT2D eigenvalue weighted by molar-refractivity contribution is 6.19. The minimum Gasteiger partial charge on any atom is -0.349 e. The van der Waals surface area contributed by atoms with Gasteiger partial charge in [0.15, 0.2) is 0 Å². The Labute approximate surface area is 108 Å². The molecule has 0 saturated carbocycles. The van der Waals surface area contributed by atoms with Gasteiger partial charge < -0.3 is 5.32 Å². The summed E-state index contributed by atoms with van der Waals surface area (Å²) >= 11 is 5.79. The Morgan fingerprint density at radius 1 is 1.41 bits per heavy atom. The Morgan fingerprint density at radius 2 is 2.00 bits per heavy atom. The second-order valence-electron chi connectivity index (χ2n) is 5.07. The quantitative estimate of drug-likeness (QED) is 0.819. The van der Waals surface area contributed by atoms with E-state index in [0.717, 1.165) is 5.56 Å². The summed E-state index contributed by atoms with van der Waals surface area (Å²) in [5.41, 5.74) is 1.80. The normalized spacial score (nSPS) is 13.2. The van der Waals surface area contributed by atoms with Crippen LogP contribution in [0, 0.1) is 12.3 Å². The van der Waals surface area contributed by atoms with Gasteiger partial charge in [-0.05, 0) is 38.8 Å². The SMILES string of the molecule is Cc1ccccc1[C@@H](C)NC(=O)C(C)(C)CCl. The zero-order valence-corrected chi connectivity index (χ0v) is 11.6. The molecule has 0 aliphatic rings. The first kappa shape index (κ1) is 14.0. The highest BCUT2D eigenvalue weighted by Crippen LogP contribution is 2.21. The van der Waals surface area contributed by atoms with E-state index >= 15 is 0 Å². The molecule has 0 fully saturated rings. The van der Waals surface area contributed by atoms with E-state index in [1.165, 1.54) is 5.56 Å². The van der Waals surface area contributed by atoms with E-state index in [1.54, 1.807) is 0 Å². The molecule has 1 N–H and O–H groups in total. The molecule has 0 spiro atoms. The molecule has 0 aromatic heterocycles. The van der Waals surface area contributed by atoms with Gasteiger partial charge in [-0.25, -0.2) is 0 Å². The van der Waals surface area contributed by atoms with Gasteiger partial charge in [0.25, 0.3) is 0 Å². The molecule has 1 atom stereocenters. The van der Waals surface area contributed by atoms with Crippen LogP contribution in [0.25, 0.3) is 0 Å². The summed E-state index contributed by atoms with van der Waals surface area (Å²) in [5, 5.41) is 3.00. The lowest BCUT2D eigenvalue weighted by Gasteiger charge is -2.24. The summed E-state index contributed by atoms with van der Waals surface area (Å²) in [6.45, 7) is 7.73. The van der Waals surface area contributed by atoms with Crippen LogP contribution in [0.15, 0.2) is 24.3 Å². The summed E-state index contributed by atoms with van der Waals surface area (Å²) in [6.07, 6.45) is 0. The van der Waals surface area contributed by atoms with Crippen molar-refractivity contribution >= 4 is 17.5 Å². The molecule has 1 amide bonds. The Balaban J connectivity index is 2.77. The third-order valence-corrected chi connectivity index (χ3v) is 3.62. The van der Waals surface area contributed by atoms with Crippen molar-refractivity contribution in [3.63, 3.8) is 0 Å². The maximum absolute atomic E-state index is 12.0. The molecule has 3 heteroatoms. The zero-order valence-electron chi connectivity index (χ0n) is 10.9. The molecular formula is C14H20ClNO. The van der Waals surface area contributed by atoms with E-state index < -0.39 is 5.41 Å². The van der Waals surface area contributed by atoms with Gasteiger partial charge >= 0.3 is 0 Å². The molecule has 17 heavy (non-hydrogen) atoms. The largest absolute Gasteiger partial charge is 0.349 e. The lowest BCUT2D eigenvalue weighted by atomic mass is 9.94. The number of alkyl halides is 1. The molecule has 0 aliphatic carbocycles. The Bertz CT molecular complexity index is 401. The summed E-state index contributed by atoms with van der Waals surface area (Å²) < 4.78 is 0. The molecule has 0 heterocycles. The molecule has 0 unspecified atom stereocenters. The first-order chi connectivity index (χ1) is 7.88. The molecule has 0 saturated heterocycles. The molecule has 1 aromatic rings. The summed E-state index contributed by atoms with van der Waals surface area (Å²) in [7, 11) is 0. The van der Waals surface area contributed by atoms with Crippen LogP contribution < -0.4 is 5.32 Å².